The van der Waals surface area contributed by atoms with Crippen LogP contribution in [0.3, 0.4) is 0 Å². The van der Waals surface area contributed by atoms with Crippen LogP contribution in [-0.2, 0) is 32.7 Å². The van der Waals surface area contributed by atoms with Crippen molar-refractivity contribution in [1.82, 2.24) is 0 Å². The third kappa shape index (κ3) is 48.5. The van der Waals surface area contributed by atoms with Crippen molar-refractivity contribution in [1.29, 1.82) is 0 Å². The Morgan fingerprint density at radius 2 is 0.873 bits per heavy atom. The Hall–Kier alpha value is -2.81. The molecule has 2 atom stereocenters. The second-order valence-corrected chi connectivity index (χ2v) is 17.8. The summed E-state index contributed by atoms with van der Waals surface area (Å²) < 4.78 is 32.7. The highest BCUT2D eigenvalue weighted by atomic mass is 31.2. The van der Waals surface area contributed by atoms with E-state index in [1.165, 1.54) is 116 Å². The van der Waals surface area contributed by atoms with Gasteiger partial charge in [-0.3, -0.25) is 18.6 Å². The number of hydrogen-bond donors (Lipinski definition) is 2. The maximum atomic E-state index is 12.6. The Labute approximate surface area is 385 Å². The van der Waals surface area contributed by atoms with Gasteiger partial charge in [0.25, 0.3) is 0 Å². The molecule has 0 aromatic rings. The fourth-order valence-electron chi connectivity index (χ4n) is 6.52. The topological polar surface area (TPSA) is 134 Å². The van der Waals surface area contributed by atoms with E-state index in [2.05, 4.69) is 86.8 Å². The van der Waals surface area contributed by atoms with Crippen molar-refractivity contribution < 1.29 is 37.6 Å². The lowest BCUT2D eigenvalue weighted by Crippen LogP contribution is -2.29. The minimum absolute atomic E-state index is 0.0334. The Balaban J connectivity index is 4.22. The third-order valence-corrected chi connectivity index (χ3v) is 11.2. The fourth-order valence-corrected chi connectivity index (χ4v) is 7.28. The molecule has 0 aromatic heterocycles. The molecule has 0 spiro atoms. The predicted molar refractivity (Wildman–Crippen MR) is 265 cm³/mol. The summed E-state index contributed by atoms with van der Waals surface area (Å²) in [7, 11) is -4.41. The smallest absolute Gasteiger partial charge is 0.462 e. The van der Waals surface area contributed by atoms with Gasteiger partial charge in [-0.1, -0.05) is 195 Å². The zero-order chi connectivity index (χ0) is 46.0. The first-order chi connectivity index (χ1) is 30.8. The van der Waals surface area contributed by atoms with Gasteiger partial charge in [-0.15, -0.1) is 0 Å². The summed E-state index contributed by atoms with van der Waals surface area (Å²) in [6, 6.07) is 0. The van der Waals surface area contributed by atoms with E-state index in [9.17, 15) is 19.0 Å². The molecule has 0 aliphatic carbocycles. The summed E-state index contributed by atoms with van der Waals surface area (Å²) in [5.74, 6) is -0.977. The maximum absolute atomic E-state index is 12.6. The fraction of sp³-hybridized carbons (Fsp3) is 0.698. The molecule has 0 aliphatic rings. The molecule has 1 unspecified atom stereocenters. The van der Waals surface area contributed by atoms with E-state index < -0.39 is 32.5 Å². The van der Waals surface area contributed by atoms with Crippen LogP contribution in [-0.4, -0.2) is 49.3 Å². The lowest BCUT2D eigenvalue weighted by atomic mass is 10.0. The number of esters is 2. The SMILES string of the molecule is CCCCC/C=C/C/C=C/C/C=C/C/C=C/C/C=C/CCC(=O)O[C@H](COC(=O)CCC/C=C/CC/C=C/CCCCCCCCCCCCCCCC)COP(=O)(O)OCCN. The summed E-state index contributed by atoms with van der Waals surface area (Å²) in [5.41, 5.74) is 5.35. The number of hydrogen-bond acceptors (Lipinski definition) is 8. The number of rotatable bonds is 46. The zero-order valence-corrected chi connectivity index (χ0v) is 40.9. The van der Waals surface area contributed by atoms with Gasteiger partial charge in [-0.25, -0.2) is 4.57 Å². The second kappa shape index (κ2) is 48.6. The molecule has 0 aromatic carbocycles. The summed E-state index contributed by atoms with van der Waals surface area (Å²) >= 11 is 0. The highest BCUT2D eigenvalue weighted by Crippen LogP contribution is 2.43. The first kappa shape index (κ1) is 60.2. The normalized spacial score (nSPS) is 13.9. The van der Waals surface area contributed by atoms with Gasteiger partial charge in [0.15, 0.2) is 6.10 Å². The highest BCUT2D eigenvalue weighted by molar-refractivity contribution is 7.47. The monoisotopic (exact) mass is 902 g/mol. The molecular weight excluding hydrogens is 810 g/mol. The molecule has 0 aliphatic heterocycles. The average Bonchev–Trinajstić information content (AvgIpc) is 3.27. The van der Waals surface area contributed by atoms with Gasteiger partial charge >= 0.3 is 19.8 Å². The molecule has 0 saturated heterocycles. The van der Waals surface area contributed by atoms with E-state index >= 15 is 0 Å². The van der Waals surface area contributed by atoms with Gasteiger partial charge in [-0.05, 0) is 83.5 Å². The lowest BCUT2D eigenvalue weighted by molar-refractivity contribution is -0.161. The number of allylic oxidation sites excluding steroid dienone is 14. The Morgan fingerprint density at radius 1 is 0.476 bits per heavy atom. The molecular formula is C53H92NO8P. The van der Waals surface area contributed by atoms with Gasteiger partial charge in [0, 0.05) is 19.4 Å². The van der Waals surface area contributed by atoms with Crippen molar-refractivity contribution in [3.05, 3.63) is 85.1 Å². The molecule has 3 N–H and O–H groups in total. The van der Waals surface area contributed by atoms with Crippen LogP contribution in [0.5, 0.6) is 0 Å². The van der Waals surface area contributed by atoms with E-state index in [-0.39, 0.29) is 32.6 Å². The number of unbranched alkanes of at least 4 members (excludes halogenated alkanes) is 19. The van der Waals surface area contributed by atoms with Crippen LogP contribution in [0.15, 0.2) is 85.1 Å². The largest absolute Gasteiger partial charge is 0.472 e. The first-order valence-corrected chi connectivity index (χ1v) is 26.6. The van der Waals surface area contributed by atoms with E-state index in [0.29, 0.717) is 12.8 Å². The molecule has 0 rings (SSSR count). The van der Waals surface area contributed by atoms with Gasteiger partial charge in [0.05, 0.1) is 13.2 Å². The molecule has 10 heteroatoms. The van der Waals surface area contributed by atoms with Crippen molar-refractivity contribution >= 4 is 19.8 Å². The van der Waals surface area contributed by atoms with Crippen LogP contribution >= 0.6 is 7.82 Å². The number of nitrogens with two attached hydrogens (primary N) is 1. The van der Waals surface area contributed by atoms with Crippen molar-refractivity contribution in [2.75, 3.05) is 26.4 Å². The summed E-state index contributed by atoms with van der Waals surface area (Å²) in [6.07, 6.45) is 62.2. The molecule has 9 nitrogen and oxygen atoms in total. The van der Waals surface area contributed by atoms with Crippen LogP contribution < -0.4 is 5.73 Å². The van der Waals surface area contributed by atoms with Crippen molar-refractivity contribution in [3.8, 4) is 0 Å². The number of phosphoric acid groups is 1. The number of carbonyl (C=O) groups excluding carboxylic acids is 2. The summed E-state index contributed by atoms with van der Waals surface area (Å²) in [5, 5.41) is 0. The average molecular weight is 902 g/mol. The molecule has 63 heavy (non-hydrogen) atoms. The molecule has 0 heterocycles. The Bertz CT molecular complexity index is 1300. The molecule has 0 amide bonds. The van der Waals surface area contributed by atoms with Crippen LogP contribution in [0.1, 0.15) is 206 Å². The lowest BCUT2D eigenvalue weighted by Gasteiger charge is -2.19. The quantitative estimate of drug-likeness (QED) is 0.0265. The third-order valence-electron chi connectivity index (χ3n) is 10.2. The van der Waals surface area contributed by atoms with Crippen molar-refractivity contribution in [3.63, 3.8) is 0 Å². The molecule has 0 fully saturated rings. The van der Waals surface area contributed by atoms with Gasteiger partial charge in [-0.2, -0.15) is 0 Å². The van der Waals surface area contributed by atoms with Crippen LogP contribution in [0.4, 0.5) is 0 Å². The minimum Gasteiger partial charge on any atom is -0.462 e. The Morgan fingerprint density at radius 3 is 1.38 bits per heavy atom. The number of phosphoric ester groups is 1. The van der Waals surface area contributed by atoms with Gasteiger partial charge in [0.1, 0.15) is 6.61 Å². The van der Waals surface area contributed by atoms with Crippen LogP contribution in [0, 0.1) is 0 Å². The molecule has 0 radical (unpaired) electrons. The van der Waals surface area contributed by atoms with E-state index in [4.69, 9.17) is 24.3 Å². The first-order valence-electron chi connectivity index (χ1n) is 25.1. The van der Waals surface area contributed by atoms with Crippen LogP contribution in [0.2, 0.25) is 0 Å². The standard InChI is InChI=1S/C53H92NO8P/c1-3-5-7-9-11-13-15-17-19-21-23-24-25-26-28-29-31-33-35-37-39-41-43-45-52(55)59-49-51(50-61-63(57,58)60-48-47-54)62-53(56)46-44-42-40-38-36-34-32-30-27-22-20-18-16-14-12-10-8-6-4-2/h12,14,18,20,27,29-31,34,36-37,39-40,42,51H,3-11,13,15-17,19,21-26,28,32-33,35,38,41,43-50,54H2,1-2H3,(H,57,58)/b14-12+,20-18+,30-27+,31-29+,36-34+,39-37+,42-40+/t51-/m1/s1. The van der Waals surface area contributed by atoms with E-state index in [1.807, 2.05) is 12.2 Å². The summed E-state index contributed by atoms with van der Waals surface area (Å²) in [6.45, 7) is 3.58. The maximum Gasteiger partial charge on any atom is 0.472 e. The highest BCUT2D eigenvalue weighted by Gasteiger charge is 2.25. The number of carbonyl (C=O) groups is 2. The minimum atomic E-state index is -4.41. The summed E-state index contributed by atoms with van der Waals surface area (Å²) in [4.78, 5) is 34.9. The Kier molecular flexibility index (Phi) is 46.5. The van der Waals surface area contributed by atoms with E-state index in [1.54, 1.807) is 0 Å². The second-order valence-electron chi connectivity index (χ2n) is 16.3. The molecule has 0 saturated carbocycles. The van der Waals surface area contributed by atoms with Crippen LogP contribution in [0.25, 0.3) is 0 Å². The molecule has 0 bridgehead atoms. The van der Waals surface area contributed by atoms with Gasteiger partial charge in [0.2, 0.25) is 0 Å². The molecule has 362 valence electrons. The number of ether oxygens (including phenoxy) is 2. The van der Waals surface area contributed by atoms with Gasteiger partial charge < -0.3 is 20.1 Å². The van der Waals surface area contributed by atoms with Crippen molar-refractivity contribution in [2.45, 2.75) is 213 Å². The van der Waals surface area contributed by atoms with Crippen molar-refractivity contribution in [2.24, 2.45) is 5.73 Å². The predicted octanol–water partition coefficient (Wildman–Crippen LogP) is 15.2. The zero-order valence-electron chi connectivity index (χ0n) is 40.0. The van der Waals surface area contributed by atoms with E-state index in [0.717, 1.165) is 51.4 Å².